The van der Waals surface area contributed by atoms with Crippen molar-refractivity contribution in [1.82, 2.24) is 0 Å². The lowest BCUT2D eigenvalue weighted by atomic mass is 9.52. The van der Waals surface area contributed by atoms with Crippen molar-refractivity contribution in [3.63, 3.8) is 0 Å². The van der Waals surface area contributed by atoms with Gasteiger partial charge in [-0.15, -0.1) is 0 Å². The molecule has 1 aromatic carbocycles. The molecule has 1 saturated heterocycles. The molecule has 4 aliphatic rings. The Kier molecular flexibility index (Phi) is 3.21. The lowest BCUT2D eigenvalue weighted by molar-refractivity contribution is -0.942. The van der Waals surface area contributed by atoms with E-state index < -0.39 is 6.10 Å². The molecule has 0 saturated carbocycles. The molecule has 1 N–H and O–H groups in total. The third-order valence-corrected chi connectivity index (χ3v) is 7.50. The van der Waals surface area contributed by atoms with Crippen molar-refractivity contribution >= 4 is 5.97 Å². The van der Waals surface area contributed by atoms with Gasteiger partial charge in [0.15, 0.2) is 11.5 Å². The number of hydrogen-bond acceptors (Lipinski definition) is 4. The molecule has 138 valence electrons. The molecule has 2 aliphatic heterocycles. The van der Waals surface area contributed by atoms with Crippen molar-refractivity contribution in [2.75, 3.05) is 20.1 Å². The molecule has 5 heteroatoms. The van der Waals surface area contributed by atoms with Gasteiger partial charge in [-0.25, -0.2) is 0 Å². The molecule has 26 heavy (non-hydrogen) atoms. The Bertz CT molecular complexity index is 834. The number of rotatable bonds is 2. The lowest BCUT2D eigenvalue weighted by Gasteiger charge is -2.59. The van der Waals surface area contributed by atoms with Crippen LogP contribution in [0.3, 0.4) is 0 Å². The number of ether oxygens (including phenoxy) is 2. The molecular weight excluding hydrogens is 330 g/mol. The number of piperidine rings is 1. The standard InChI is InChI=1S/C21H26NO4/c1-4-22(3)10-9-21-14-6-7-16(24)20(21)26-19-17(25-12(2)23)8-5-13(18(19)21)11-15(14)22/h5-8,14-16,20,24H,4,9-11H2,1-3H3/q+1/t14-,15+,16-,20-,21-,22?/m0/s1. The van der Waals surface area contributed by atoms with E-state index in [4.69, 9.17) is 9.47 Å². The first kappa shape index (κ1) is 16.3. The van der Waals surface area contributed by atoms with Crippen LogP contribution in [0.5, 0.6) is 11.5 Å². The molecule has 2 aliphatic carbocycles. The summed E-state index contributed by atoms with van der Waals surface area (Å²) in [5.41, 5.74) is 2.28. The highest BCUT2D eigenvalue weighted by Crippen LogP contribution is 2.63. The number of carbonyl (C=O) groups excluding carboxylic acids is 1. The van der Waals surface area contributed by atoms with Gasteiger partial charge in [0.1, 0.15) is 18.2 Å². The van der Waals surface area contributed by atoms with Crippen molar-refractivity contribution in [2.45, 2.75) is 50.4 Å². The smallest absolute Gasteiger partial charge is 0.308 e. The first-order valence-corrected chi connectivity index (χ1v) is 9.63. The van der Waals surface area contributed by atoms with Gasteiger partial charge in [-0.3, -0.25) is 4.79 Å². The normalized spacial score (nSPS) is 41.4. The number of esters is 1. The van der Waals surface area contributed by atoms with E-state index in [2.05, 4.69) is 26.1 Å². The summed E-state index contributed by atoms with van der Waals surface area (Å²) in [4.78, 5) is 11.5. The van der Waals surface area contributed by atoms with Crippen LogP contribution in [0.4, 0.5) is 0 Å². The first-order chi connectivity index (χ1) is 12.4. The molecule has 6 atom stereocenters. The number of likely N-dealkylation sites (N-methyl/N-ethyl adjacent to an activating group) is 1. The SMILES string of the molecule is CC[N+]1(C)CC[C@]23c4c5ccc(OC(C)=O)c4O[C@H]2[C@@H](O)C=C[C@H]3[C@H]1C5. The number of nitrogens with zero attached hydrogens (tertiary/aromatic N) is 1. The molecule has 0 amide bonds. The summed E-state index contributed by atoms with van der Waals surface area (Å²) in [6.07, 6.45) is 5.19. The number of quaternary nitrogens is 1. The Morgan fingerprint density at radius 3 is 2.96 bits per heavy atom. The van der Waals surface area contributed by atoms with Crippen LogP contribution in [0.2, 0.25) is 0 Å². The van der Waals surface area contributed by atoms with Gasteiger partial charge in [-0.05, 0) is 18.6 Å². The quantitative estimate of drug-likeness (QED) is 0.381. The van der Waals surface area contributed by atoms with Crippen LogP contribution < -0.4 is 9.47 Å². The second-order valence-corrected chi connectivity index (χ2v) is 8.54. The molecule has 5 nitrogen and oxygen atoms in total. The van der Waals surface area contributed by atoms with E-state index in [1.54, 1.807) is 0 Å². The van der Waals surface area contributed by atoms with Crippen molar-refractivity contribution < 1.29 is 23.9 Å². The van der Waals surface area contributed by atoms with E-state index in [0.29, 0.717) is 23.5 Å². The zero-order valence-corrected chi connectivity index (χ0v) is 15.6. The Hall–Kier alpha value is -1.85. The number of hydrogen-bond donors (Lipinski definition) is 1. The molecule has 2 heterocycles. The number of aliphatic hydroxyl groups excluding tert-OH is 1. The summed E-state index contributed by atoms with van der Waals surface area (Å²) in [5.74, 6) is 1.17. The van der Waals surface area contributed by atoms with Crippen molar-refractivity contribution in [1.29, 1.82) is 0 Å². The van der Waals surface area contributed by atoms with E-state index >= 15 is 0 Å². The van der Waals surface area contributed by atoms with Crippen LogP contribution in [0.1, 0.15) is 31.4 Å². The minimum absolute atomic E-state index is 0.204. The van der Waals surface area contributed by atoms with E-state index in [1.165, 1.54) is 18.1 Å². The van der Waals surface area contributed by atoms with Gasteiger partial charge in [-0.1, -0.05) is 18.2 Å². The van der Waals surface area contributed by atoms with Crippen LogP contribution >= 0.6 is 0 Å². The molecule has 5 rings (SSSR count). The van der Waals surface area contributed by atoms with Crippen molar-refractivity contribution in [2.24, 2.45) is 5.92 Å². The summed E-state index contributed by atoms with van der Waals surface area (Å²) < 4.78 is 12.8. The minimum Gasteiger partial charge on any atom is -0.482 e. The molecule has 0 radical (unpaired) electrons. The van der Waals surface area contributed by atoms with Gasteiger partial charge in [0.2, 0.25) is 0 Å². The molecule has 1 aromatic rings. The van der Waals surface area contributed by atoms with Gasteiger partial charge in [0.25, 0.3) is 0 Å². The predicted octanol–water partition coefficient (Wildman–Crippen LogP) is 1.95. The third-order valence-electron chi connectivity index (χ3n) is 7.50. The Labute approximate surface area is 153 Å². The molecule has 1 spiro atoms. The topological polar surface area (TPSA) is 55.8 Å². The van der Waals surface area contributed by atoms with Crippen molar-refractivity contribution in [3.8, 4) is 11.5 Å². The highest BCUT2D eigenvalue weighted by Gasteiger charge is 2.67. The van der Waals surface area contributed by atoms with E-state index in [9.17, 15) is 9.90 Å². The highest BCUT2D eigenvalue weighted by atomic mass is 16.6. The summed E-state index contributed by atoms with van der Waals surface area (Å²) in [7, 11) is 2.36. The zero-order chi connectivity index (χ0) is 18.3. The van der Waals surface area contributed by atoms with Gasteiger partial charge in [-0.2, -0.15) is 0 Å². The average Bonchev–Trinajstić information content (AvgIpc) is 2.97. The zero-order valence-electron chi connectivity index (χ0n) is 15.6. The Morgan fingerprint density at radius 2 is 2.23 bits per heavy atom. The fraction of sp³-hybridized carbons (Fsp3) is 0.571. The maximum Gasteiger partial charge on any atom is 0.308 e. The number of benzene rings is 1. The molecule has 1 unspecified atom stereocenters. The van der Waals surface area contributed by atoms with Gasteiger partial charge in [0.05, 0.1) is 25.6 Å². The first-order valence-electron chi connectivity index (χ1n) is 9.63. The van der Waals surface area contributed by atoms with Crippen LogP contribution in [-0.2, 0) is 16.6 Å². The van der Waals surface area contributed by atoms with Crippen LogP contribution in [0, 0.1) is 5.92 Å². The fourth-order valence-corrected chi connectivity index (χ4v) is 6.11. The van der Waals surface area contributed by atoms with Crippen molar-refractivity contribution in [3.05, 3.63) is 35.4 Å². The fourth-order valence-electron chi connectivity index (χ4n) is 6.11. The van der Waals surface area contributed by atoms with E-state index in [0.717, 1.165) is 30.4 Å². The molecule has 1 fully saturated rings. The summed E-state index contributed by atoms with van der Waals surface area (Å²) in [6, 6.07) is 4.45. The Balaban J connectivity index is 1.75. The molecule has 2 bridgehead atoms. The number of likely N-dealkylation sites (tertiary alicyclic amines) is 1. The van der Waals surface area contributed by atoms with Gasteiger partial charge >= 0.3 is 5.97 Å². The van der Waals surface area contributed by atoms with Gasteiger partial charge < -0.3 is 19.1 Å². The van der Waals surface area contributed by atoms with E-state index in [-0.39, 0.29) is 17.5 Å². The monoisotopic (exact) mass is 356 g/mol. The number of carbonyl (C=O) groups is 1. The number of aliphatic hydroxyl groups is 1. The average molecular weight is 356 g/mol. The second kappa shape index (κ2) is 5.11. The maximum atomic E-state index is 11.5. The lowest BCUT2D eigenvalue weighted by Crippen LogP contribution is -2.71. The minimum atomic E-state index is -0.631. The maximum absolute atomic E-state index is 11.5. The third kappa shape index (κ3) is 1.80. The summed E-state index contributed by atoms with van der Waals surface area (Å²) in [6.45, 7) is 5.86. The molecular formula is C21H26NO4+. The highest BCUT2D eigenvalue weighted by molar-refractivity contribution is 5.72. The largest absolute Gasteiger partial charge is 0.482 e. The summed E-state index contributed by atoms with van der Waals surface area (Å²) in [5, 5.41) is 10.7. The molecule has 0 aromatic heterocycles. The van der Waals surface area contributed by atoms with Crippen LogP contribution in [0.25, 0.3) is 0 Å². The second-order valence-electron chi connectivity index (χ2n) is 8.54. The summed E-state index contributed by atoms with van der Waals surface area (Å²) >= 11 is 0. The van der Waals surface area contributed by atoms with Gasteiger partial charge in [0, 0.05) is 31.2 Å². The Morgan fingerprint density at radius 1 is 1.42 bits per heavy atom. The predicted molar refractivity (Wildman–Crippen MR) is 96.2 cm³/mol. The van der Waals surface area contributed by atoms with Crippen LogP contribution in [0.15, 0.2) is 24.3 Å². The van der Waals surface area contributed by atoms with Crippen LogP contribution in [-0.4, -0.2) is 53.9 Å². The van der Waals surface area contributed by atoms with E-state index in [1.807, 2.05) is 12.1 Å².